The third-order valence-corrected chi connectivity index (χ3v) is 5.01. The Balaban J connectivity index is 1.62. The van der Waals surface area contributed by atoms with E-state index in [4.69, 9.17) is 4.74 Å². The fourth-order valence-electron chi connectivity index (χ4n) is 2.80. The summed E-state index contributed by atoms with van der Waals surface area (Å²) in [6, 6.07) is 24.9. The molecule has 0 saturated heterocycles. The molecule has 3 aromatic rings. The molecule has 0 heterocycles. The molecule has 30 heavy (non-hydrogen) atoms. The largest absolute Gasteiger partial charge is 0.457 e. The molecule has 0 aliphatic rings. The maximum absolute atomic E-state index is 12.8. The summed E-state index contributed by atoms with van der Waals surface area (Å²) >= 11 is 1.63. The molecule has 5 nitrogen and oxygen atoms in total. The third-order valence-electron chi connectivity index (χ3n) is 4.37. The van der Waals surface area contributed by atoms with Gasteiger partial charge < -0.3 is 15.4 Å². The zero-order valence-corrected chi connectivity index (χ0v) is 17.5. The number of amides is 2. The van der Waals surface area contributed by atoms with Crippen LogP contribution < -0.4 is 15.4 Å². The molecule has 0 aliphatic carbocycles. The van der Waals surface area contributed by atoms with Crippen molar-refractivity contribution >= 4 is 29.3 Å². The minimum absolute atomic E-state index is 0.245. The summed E-state index contributed by atoms with van der Waals surface area (Å²) in [4.78, 5) is 25.3. The summed E-state index contributed by atoms with van der Waals surface area (Å²) < 4.78 is 5.77. The van der Waals surface area contributed by atoms with Crippen molar-refractivity contribution in [2.45, 2.75) is 12.5 Å². The Morgan fingerprint density at radius 1 is 0.867 bits per heavy atom. The zero-order valence-electron chi connectivity index (χ0n) is 16.7. The highest BCUT2D eigenvalue weighted by molar-refractivity contribution is 7.98. The average Bonchev–Trinajstić information content (AvgIpc) is 2.79. The molecule has 0 spiro atoms. The number of rotatable bonds is 9. The van der Waals surface area contributed by atoms with Crippen molar-refractivity contribution in [2.75, 3.05) is 17.3 Å². The van der Waals surface area contributed by atoms with Gasteiger partial charge in [-0.15, -0.1) is 0 Å². The standard InChI is InChI=1S/C24H24N2O3S/c1-30-17-16-22(26-23(27)18-8-4-2-5-9-18)24(28)25-19-12-14-21(15-13-19)29-20-10-6-3-7-11-20/h2-15,22H,16-17H2,1H3,(H,25,28)(H,26,27). The van der Waals surface area contributed by atoms with Gasteiger partial charge in [0.1, 0.15) is 17.5 Å². The van der Waals surface area contributed by atoms with E-state index >= 15 is 0 Å². The topological polar surface area (TPSA) is 67.4 Å². The van der Waals surface area contributed by atoms with Crippen LogP contribution in [-0.2, 0) is 4.79 Å². The molecular formula is C24H24N2O3S. The third kappa shape index (κ3) is 6.39. The van der Waals surface area contributed by atoms with E-state index in [2.05, 4.69) is 10.6 Å². The van der Waals surface area contributed by atoms with Gasteiger partial charge in [-0.25, -0.2) is 0 Å². The van der Waals surface area contributed by atoms with Crippen molar-refractivity contribution in [3.8, 4) is 11.5 Å². The van der Waals surface area contributed by atoms with Crippen LogP contribution in [0.3, 0.4) is 0 Å². The van der Waals surface area contributed by atoms with Crippen LogP contribution in [0.15, 0.2) is 84.9 Å². The van der Waals surface area contributed by atoms with Crippen LogP contribution in [0.2, 0.25) is 0 Å². The maximum atomic E-state index is 12.8. The van der Waals surface area contributed by atoms with E-state index in [1.54, 1.807) is 60.3 Å². The fraction of sp³-hybridized carbons (Fsp3) is 0.167. The van der Waals surface area contributed by atoms with E-state index < -0.39 is 6.04 Å². The first-order valence-corrected chi connectivity index (χ1v) is 11.0. The van der Waals surface area contributed by atoms with E-state index in [-0.39, 0.29) is 11.8 Å². The molecule has 1 atom stereocenters. The van der Waals surface area contributed by atoms with Gasteiger partial charge in [-0.05, 0) is 67.0 Å². The van der Waals surface area contributed by atoms with Gasteiger partial charge in [0, 0.05) is 11.3 Å². The van der Waals surface area contributed by atoms with E-state index in [1.165, 1.54) is 0 Å². The molecule has 0 radical (unpaired) electrons. The number of hydrogen-bond donors (Lipinski definition) is 2. The van der Waals surface area contributed by atoms with E-state index in [0.29, 0.717) is 23.4 Å². The smallest absolute Gasteiger partial charge is 0.251 e. The van der Waals surface area contributed by atoms with Crippen molar-refractivity contribution in [3.63, 3.8) is 0 Å². The van der Waals surface area contributed by atoms with Crippen LogP contribution in [0.5, 0.6) is 11.5 Å². The first kappa shape index (κ1) is 21.5. The number of nitrogens with one attached hydrogen (secondary N) is 2. The molecule has 0 fully saturated rings. The monoisotopic (exact) mass is 420 g/mol. The van der Waals surface area contributed by atoms with E-state index in [1.807, 2.05) is 42.7 Å². The lowest BCUT2D eigenvalue weighted by atomic mass is 10.1. The van der Waals surface area contributed by atoms with Crippen molar-refractivity contribution < 1.29 is 14.3 Å². The van der Waals surface area contributed by atoms with Crippen LogP contribution in [0.25, 0.3) is 0 Å². The SMILES string of the molecule is CSCCC(NC(=O)c1ccccc1)C(=O)Nc1ccc(Oc2ccccc2)cc1. The van der Waals surface area contributed by atoms with Crippen LogP contribution in [0.1, 0.15) is 16.8 Å². The van der Waals surface area contributed by atoms with Crippen molar-refractivity contribution in [1.29, 1.82) is 0 Å². The Bertz CT molecular complexity index is 947. The Kier molecular flexibility index (Phi) is 7.92. The molecule has 154 valence electrons. The molecule has 0 aliphatic heterocycles. The van der Waals surface area contributed by atoms with Crippen LogP contribution in [0, 0.1) is 0 Å². The molecule has 2 N–H and O–H groups in total. The van der Waals surface area contributed by atoms with Gasteiger partial charge in [0.15, 0.2) is 0 Å². The Morgan fingerprint density at radius 2 is 1.47 bits per heavy atom. The number of para-hydroxylation sites is 1. The molecular weight excluding hydrogens is 396 g/mol. The first-order valence-electron chi connectivity index (χ1n) is 9.64. The summed E-state index contributed by atoms with van der Waals surface area (Å²) in [6.07, 6.45) is 2.51. The number of ether oxygens (including phenoxy) is 1. The van der Waals surface area contributed by atoms with Crippen molar-refractivity contribution in [2.24, 2.45) is 0 Å². The molecule has 3 rings (SSSR count). The van der Waals surface area contributed by atoms with Crippen LogP contribution in [0.4, 0.5) is 5.69 Å². The van der Waals surface area contributed by atoms with Crippen LogP contribution in [-0.4, -0.2) is 29.9 Å². The summed E-state index contributed by atoms with van der Waals surface area (Å²) in [6.45, 7) is 0. The van der Waals surface area contributed by atoms with Gasteiger partial charge in [0.2, 0.25) is 5.91 Å². The molecule has 3 aromatic carbocycles. The van der Waals surface area contributed by atoms with Gasteiger partial charge in [-0.3, -0.25) is 9.59 Å². The lowest BCUT2D eigenvalue weighted by molar-refractivity contribution is -0.118. The highest BCUT2D eigenvalue weighted by Crippen LogP contribution is 2.22. The number of hydrogen-bond acceptors (Lipinski definition) is 4. The first-order chi connectivity index (χ1) is 14.7. The number of anilines is 1. The van der Waals surface area contributed by atoms with Gasteiger partial charge in [0.25, 0.3) is 5.91 Å². The number of benzene rings is 3. The van der Waals surface area contributed by atoms with Crippen LogP contribution >= 0.6 is 11.8 Å². The maximum Gasteiger partial charge on any atom is 0.251 e. The van der Waals surface area contributed by atoms with E-state index in [0.717, 1.165) is 11.5 Å². The second kappa shape index (κ2) is 11.1. The Hall–Kier alpha value is -3.25. The predicted octanol–water partition coefficient (Wildman–Crippen LogP) is 4.97. The van der Waals surface area contributed by atoms with E-state index in [9.17, 15) is 9.59 Å². The summed E-state index contributed by atoms with van der Waals surface area (Å²) in [7, 11) is 0. The Labute approximate surface area is 180 Å². The van der Waals surface area contributed by atoms with Crippen molar-refractivity contribution in [3.05, 3.63) is 90.5 Å². The van der Waals surface area contributed by atoms with Gasteiger partial charge >= 0.3 is 0 Å². The highest BCUT2D eigenvalue weighted by Gasteiger charge is 2.21. The van der Waals surface area contributed by atoms with Gasteiger partial charge in [-0.1, -0.05) is 36.4 Å². The lowest BCUT2D eigenvalue weighted by Gasteiger charge is -2.18. The second-order valence-electron chi connectivity index (χ2n) is 6.60. The zero-order chi connectivity index (χ0) is 21.2. The summed E-state index contributed by atoms with van der Waals surface area (Å²) in [5, 5.41) is 5.72. The fourth-order valence-corrected chi connectivity index (χ4v) is 3.27. The van der Waals surface area contributed by atoms with Gasteiger partial charge in [0.05, 0.1) is 0 Å². The number of carbonyl (C=O) groups is 2. The molecule has 0 saturated carbocycles. The molecule has 2 amide bonds. The number of carbonyl (C=O) groups excluding carboxylic acids is 2. The molecule has 1 unspecified atom stereocenters. The molecule has 6 heteroatoms. The summed E-state index contributed by atoms with van der Waals surface area (Å²) in [5.41, 5.74) is 1.17. The minimum Gasteiger partial charge on any atom is -0.457 e. The minimum atomic E-state index is -0.620. The highest BCUT2D eigenvalue weighted by atomic mass is 32.2. The average molecular weight is 421 g/mol. The normalized spacial score (nSPS) is 11.4. The summed E-state index contributed by atoms with van der Waals surface area (Å²) in [5.74, 6) is 1.68. The van der Waals surface area contributed by atoms with Gasteiger partial charge in [-0.2, -0.15) is 11.8 Å². The molecule has 0 bridgehead atoms. The van der Waals surface area contributed by atoms with Crippen molar-refractivity contribution in [1.82, 2.24) is 5.32 Å². The predicted molar refractivity (Wildman–Crippen MR) is 122 cm³/mol. The Morgan fingerprint density at radius 3 is 2.10 bits per heavy atom. The quantitative estimate of drug-likeness (QED) is 0.513. The lowest BCUT2D eigenvalue weighted by Crippen LogP contribution is -2.44. The number of thioether (sulfide) groups is 1. The molecule has 0 aromatic heterocycles. The second-order valence-corrected chi connectivity index (χ2v) is 7.59.